The van der Waals surface area contributed by atoms with E-state index in [0.717, 1.165) is 31.4 Å². The van der Waals surface area contributed by atoms with Crippen LogP contribution in [0.5, 0.6) is 0 Å². The highest BCUT2D eigenvalue weighted by atomic mass is 32.2. The maximum Gasteiger partial charge on any atom is 0.305 e. The summed E-state index contributed by atoms with van der Waals surface area (Å²) < 4.78 is 0. The van der Waals surface area contributed by atoms with Gasteiger partial charge in [0.2, 0.25) is 5.91 Å². The van der Waals surface area contributed by atoms with E-state index in [0.29, 0.717) is 10.9 Å². The van der Waals surface area contributed by atoms with Gasteiger partial charge in [0.1, 0.15) is 5.25 Å². The molecule has 0 spiro atoms. The summed E-state index contributed by atoms with van der Waals surface area (Å²) in [7, 11) is 0. The molecular weight excluding hydrogens is 326 g/mol. The zero-order chi connectivity index (χ0) is 16.9. The molecule has 1 atom stereocenters. The van der Waals surface area contributed by atoms with Gasteiger partial charge in [-0.3, -0.25) is 14.5 Å². The Bertz CT molecular complexity index is 680. The van der Waals surface area contributed by atoms with Gasteiger partial charge >= 0.3 is 5.97 Å². The average molecular weight is 345 g/mol. The van der Waals surface area contributed by atoms with E-state index >= 15 is 0 Å². The molecule has 2 aliphatic rings. The molecule has 0 bridgehead atoms. The molecule has 1 aliphatic heterocycles. The van der Waals surface area contributed by atoms with Gasteiger partial charge in [-0.2, -0.15) is 5.10 Å². The number of amidine groups is 1. The Morgan fingerprint density at radius 3 is 2.54 bits per heavy atom. The number of para-hydroxylation sites is 1. The molecule has 1 aliphatic carbocycles. The van der Waals surface area contributed by atoms with Crippen LogP contribution in [0.25, 0.3) is 0 Å². The Kier molecular flexibility index (Phi) is 5.30. The Hall–Kier alpha value is -2.15. The molecule has 1 amide bonds. The molecule has 2 fully saturated rings. The highest BCUT2D eigenvalue weighted by Crippen LogP contribution is 2.33. The number of aliphatic carboxylic acids is 1. The number of thioether (sulfide) groups is 1. The molecule has 7 heteroatoms. The number of nitrogens with zero attached hydrogens (tertiary/aromatic N) is 3. The number of hydrogen-bond acceptors (Lipinski definition) is 5. The van der Waals surface area contributed by atoms with Crippen molar-refractivity contribution in [3.05, 3.63) is 30.3 Å². The van der Waals surface area contributed by atoms with Gasteiger partial charge in [-0.25, -0.2) is 0 Å². The van der Waals surface area contributed by atoms with E-state index in [1.165, 1.54) is 23.1 Å². The van der Waals surface area contributed by atoms with Crippen LogP contribution in [0.4, 0.5) is 5.69 Å². The first kappa shape index (κ1) is 16.7. The minimum atomic E-state index is -0.992. The highest BCUT2D eigenvalue weighted by molar-refractivity contribution is 8.16. The smallest absolute Gasteiger partial charge is 0.305 e. The number of hydrogen-bond donors (Lipinski definition) is 1. The molecule has 1 aromatic rings. The van der Waals surface area contributed by atoms with Crippen LogP contribution in [-0.2, 0) is 9.59 Å². The molecule has 0 radical (unpaired) electrons. The van der Waals surface area contributed by atoms with Crippen molar-refractivity contribution >= 4 is 40.2 Å². The van der Waals surface area contributed by atoms with Crippen LogP contribution in [0.15, 0.2) is 40.5 Å². The van der Waals surface area contributed by atoms with Crippen LogP contribution < -0.4 is 4.90 Å². The summed E-state index contributed by atoms with van der Waals surface area (Å²) in [6.07, 6.45) is 5.14. The van der Waals surface area contributed by atoms with E-state index in [1.807, 2.05) is 30.3 Å². The first-order valence-corrected chi connectivity index (χ1v) is 8.94. The zero-order valence-corrected chi connectivity index (χ0v) is 14.0. The SMILES string of the molecule is O=C(O)CC1S/C(=N\N=C2CCCCC2)N(c2ccccc2)C1=O. The van der Waals surface area contributed by atoms with Crippen molar-refractivity contribution in [1.29, 1.82) is 0 Å². The van der Waals surface area contributed by atoms with Crippen molar-refractivity contribution in [2.45, 2.75) is 43.8 Å². The van der Waals surface area contributed by atoms with Crippen LogP contribution in [0.1, 0.15) is 38.5 Å². The molecule has 1 unspecified atom stereocenters. The molecule has 1 aromatic carbocycles. The third kappa shape index (κ3) is 3.84. The fourth-order valence-corrected chi connectivity index (χ4v) is 3.89. The van der Waals surface area contributed by atoms with Crippen molar-refractivity contribution in [1.82, 2.24) is 0 Å². The van der Waals surface area contributed by atoms with Gasteiger partial charge in [0.25, 0.3) is 0 Å². The molecule has 0 aromatic heterocycles. The summed E-state index contributed by atoms with van der Waals surface area (Å²) in [6, 6.07) is 9.16. The summed E-state index contributed by atoms with van der Waals surface area (Å²) in [6.45, 7) is 0. The lowest BCUT2D eigenvalue weighted by Gasteiger charge is -2.16. The van der Waals surface area contributed by atoms with E-state index in [9.17, 15) is 9.59 Å². The zero-order valence-electron chi connectivity index (χ0n) is 13.2. The van der Waals surface area contributed by atoms with Gasteiger partial charge in [-0.05, 0) is 37.8 Å². The van der Waals surface area contributed by atoms with Crippen LogP contribution >= 0.6 is 11.8 Å². The first-order valence-electron chi connectivity index (χ1n) is 8.06. The van der Waals surface area contributed by atoms with Crippen LogP contribution in [0.3, 0.4) is 0 Å². The second-order valence-corrected chi connectivity index (χ2v) is 6.99. The van der Waals surface area contributed by atoms with E-state index < -0.39 is 11.2 Å². The van der Waals surface area contributed by atoms with Gasteiger partial charge in [0.05, 0.1) is 12.1 Å². The molecule has 24 heavy (non-hydrogen) atoms. The second kappa shape index (κ2) is 7.61. The largest absolute Gasteiger partial charge is 0.481 e. The third-order valence-electron chi connectivity index (χ3n) is 4.02. The van der Waals surface area contributed by atoms with E-state index in [1.54, 1.807) is 0 Å². The summed E-state index contributed by atoms with van der Waals surface area (Å²) >= 11 is 1.18. The highest BCUT2D eigenvalue weighted by Gasteiger charge is 2.40. The second-order valence-electron chi connectivity index (χ2n) is 5.82. The molecule has 3 rings (SSSR count). The minimum absolute atomic E-state index is 0.220. The quantitative estimate of drug-likeness (QED) is 0.849. The van der Waals surface area contributed by atoms with E-state index in [4.69, 9.17) is 5.11 Å². The number of carbonyl (C=O) groups is 2. The summed E-state index contributed by atoms with van der Waals surface area (Å²) in [4.78, 5) is 25.1. The van der Waals surface area contributed by atoms with Gasteiger partial charge in [-0.1, -0.05) is 36.4 Å². The lowest BCUT2D eigenvalue weighted by atomic mass is 9.99. The molecular formula is C17H19N3O3S. The van der Waals surface area contributed by atoms with Crippen LogP contribution in [-0.4, -0.2) is 33.1 Å². The maximum atomic E-state index is 12.6. The summed E-state index contributed by atoms with van der Waals surface area (Å²) in [5, 5.41) is 17.4. The number of amides is 1. The average Bonchev–Trinajstić information content (AvgIpc) is 2.90. The number of anilines is 1. The van der Waals surface area contributed by atoms with Crippen LogP contribution in [0, 0.1) is 0 Å². The monoisotopic (exact) mass is 345 g/mol. The van der Waals surface area contributed by atoms with Crippen molar-refractivity contribution in [3.63, 3.8) is 0 Å². The van der Waals surface area contributed by atoms with E-state index in [2.05, 4.69) is 10.2 Å². The Balaban J connectivity index is 1.88. The Morgan fingerprint density at radius 1 is 1.17 bits per heavy atom. The number of benzene rings is 1. The third-order valence-corrected chi connectivity index (χ3v) is 5.14. The van der Waals surface area contributed by atoms with Crippen molar-refractivity contribution in [3.8, 4) is 0 Å². The van der Waals surface area contributed by atoms with Gasteiger partial charge < -0.3 is 5.11 Å². The van der Waals surface area contributed by atoms with Crippen molar-refractivity contribution in [2.75, 3.05) is 4.90 Å². The first-order chi connectivity index (χ1) is 11.6. The van der Waals surface area contributed by atoms with Gasteiger partial charge in [-0.15, -0.1) is 5.10 Å². The lowest BCUT2D eigenvalue weighted by molar-refractivity contribution is -0.138. The van der Waals surface area contributed by atoms with Crippen molar-refractivity contribution < 1.29 is 14.7 Å². The standard InChI is InChI=1S/C17H19N3O3S/c21-15(22)11-14-16(23)20(13-9-5-2-6-10-13)17(24-14)19-18-12-7-3-1-4-8-12/h2,5-6,9-10,14H,1,3-4,7-8,11H2,(H,21,22)/b19-17-. The Morgan fingerprint density at radius 2 is 1.88 bits per heavy atom. The molecule has 1 saturated carbocycles. The molecule has 1 saturated heterocycles. The summed E-state index contributed by atoms with van der Waals surface area (Å²) in [5.74, 6) is -1.25. The van der Waals surface area contributed by atoms with E-state index in [-0.39, 0.29) is 12.3 Å². The fourth-order valence-electron chi connectivity index (χ4n) is 2.81. The Labute approximate surface area is 144 Å². The fraction of sp³-hybridized carbons (Fsp3) is 0.412. The predicted octanol–water partition coefficient (Wildman–Crippen LogP) is 3.29. The molecule has 6 nitrogen and oxygen atoms in total. The lowest BCUT2D eigenvalue weighted by Crippen LogP contribution is -2.32. The maximum absolute atomic E-state index is 12.6. The number of carbonyl (C=O) groups excluding carboxylic acids is 1. The summed E-state index contributed by atoms with van der Waals surface area (Å²) in [5.41, 5.74) is 1.74. The predicted molar refractivity (Wildman–Crippen MR) is 95.5 cm³/mol. The molecule has 1 N–H and O–H groups in total. The van der Waals surface area contributed by atoms with Crippen molar-refractivity contribution in [2.24, 2.45) is 10.2 Å². The number of carboxylic acid groups (broad SMARTS) is 1. The van der Waals surface area contributed by atoms with Gasteiger partial charge in [0, 0.05) is 5.71 Å². The van der Waals surface area contributed by atoms with Gasteiger partial charge in [0.15, 0.2) is 5.17 Å². The normalized spacial score (nSPS) is 22.9. The number of carboxylic acids is 1. The van der Waals surface area contributed by atoms with Crippen LogP contribution in [0.2, 0.25) is 0 Å². The topological polar surface area (TPSA) is 82.3 Å². The number of rotatable bonds is 4. The minimum Gasteiger partial charge on any atom is -0.481 e. The molecule has 126 valence electrons. The molecule has 1 heterocycles.